The Morgan fingerprint density at radius 1 is 1.13 bits per heavy atom. The topological polar surface area (TPSA) is 64.1 Å². The number of rotatable bonds is 6. The molecule has 0 aliphatic heterocycles. The van der Waals surface area contributed by atoms with Gasteiger partial charge < -0.3 is 10.1 Å². The van der Waals surface area contributed by atoms with Crippen LogP contribution in [-0.2, 0) is 11.2 Å². The third-order valence-corrected chi connectivity index (χ3v) is 5.39. The van der Waals surface area contributed by atoms with E-state index in [1.807, 2.05) is 54.8 Å². The summed E-state index contributed by atoms with van der Waals surface area (Å²) in [6, 6.07) is 18.5. The summed E-state index contributed by atoms with van der Waals surface area (Å²) in [6.45, 7) is 2.01. The number of nitrogens with one attached hydrogen (secondary N) is 1. The second-order valence-corrected chi connectivity index (χ2v) is 7.93. The molecule has 0 bridgehead atoms. The molecule has 1 amide bonds. The maximum absolute atomic E-state index is 12.6. The molecule has 0 unspecified atom stereocenters. The van der Waals surface area contributed by atoms with Crippen molar-refractivity contribution in [2.45, 2.75) is 13.3 Å². The zero-order chi connectivity index (χ0) is 20.9. The molecule has 4 aromatic rings. The van der Waals surface area contributed by atoms with E-state index in [1.54, 1.807) is 24.4 Å². The average Bonchev–Trinajstić information content (AvgIpc) is 3.20. The Balaban J connectivity index is 1.47. The molecule has 4 rings (SSSR count). The molecular weight excluding hydrogens is 418 g/mol. The van der Waals surface area contributed by atoms with Gasteiger partial charge >= 0.3 is 0 Å². The Labute approximate surface area is 183 Å². The van der Waals surface area contributed by atoms with E-state index >= 15 is 0 Å². The summed E-state index contributed by atoms with van der Waals surface area (Å²) in [4.78, 5) is 21.4. The lowest BCUT2D eigenvalue weighted by molar-refractivity contribution is -0.115. The molecule has 5 nitrogen and oxygen atoms in total. The molecule has 2 aromatic heterocycles. The number of benzene rings is 2. The number of nitrogens with zero attached hydrogens (tertiary/aromatic N) is 2. The highest BCUT2D eigenvalue weighted by atomic mass is 35.5. The number of aromatic nitrogens is 2. The Kier molecular flexibility index (Phi) is 6.07. The van der Waals surface area contributed by atoms with Gasteiger partial charge in [-0.05, 0) is 49.4 Å². The van der Waals surface area contributed by atoms with Crippen molar-refractivity contribution in [2.75, 3.05) is 5.32 Å². The highest BCUT2D eigenvalue weighted by molar-refractivity contribution is 7.13. The molecule has 150 valence electrons. The van der Waals surface area contributed by atoms with Crippen LogP contribution in [0.25, 0.3) is 10.7 Å². The Morgan fingerprint density at radius 2 is 1.97 bits per heavy atom. The summed E-state index contributed by atoms with van der Waals surface area (Å²) in [6.07, 6.45) is 1.86. The van der Waals surface area contributed by atoms with Gasteiger partial charge in [-0.3, -0.25) is 9.78 Å². The number of halogens is 1. The van der Waals surface area contributed by atoms with Crippen LogP contribution in [-0.4, -0.2) is 15.9 Å². The number of amides is 1. The molecule has 0 fully saturated rings. The number of hydrogen-bond donors (Lipinski definition) is 1. The van der Waals surface area contributed by atoms with Crippen molar-refractivity contribution < 1.29 is 9.53 Å². The highest BCUT2D eigenvalue weighted by Crippen LogP contribution is 2.32. The number of thiazole rings is 1. The van der Waals surface area contributed by atoms with E-state index in [4.69, 9.17) is 16.3 Å². The van der Waals surface area contributed by atoms with Gasteiger partial charge in [0.1, 0.15) is 10.8 Å². The maximum Gasteiger partial charge on any atom is 0.230 e. The lowest BCUT2D eigenvalue weighted by atomic mass is 10.2. The third-order valence-electron chi connectivity index (χ3n) is 4.24. The van der Waals surface area contributed by atoms with Crippen LogP contribution in [0.5, 0.6) is 11.5 Å². The Hall–Kier alpha value is -3.22. The molecule has 0 atom stereocenters. The van der Waals surface area contributed by atoms with Crippen LogP contribution in [0.2, 0.25) is 5.02 Å². The quantitative estimate of drug-likeness (QED) is 0.395. The van der Waals surface area contributed by atoms with E-state index in [1.165, 1.54) is 11.3 Å². The molecule has 0 aliphatic rings. The SMILES string of the molecule is Cc1ccc(Oc2ccc(Cl)cc2NC(=O)Cc2csc(-c3ccccn3)n2)cc1. The van der Waals surface area contributed by atoms with Gasteiger partial charge in [0.05, 0.1) is 23.5 Å². The Morgan fingerprint density at radius 3 is 2.73 bits per heavy atom. The van der Waals surface area contributed by atoms with Crippen LogP contribution >= 0.6 is 22.9 Å². The first-order chi connectivity index (χ1) is 14.6. The predicted molar refractivity (Wildman–Crippen MR) is 120 cm³/mol. The summed E-state index contributed by atoms with van der Waals surface area (Å²) in [5, 5.41) is 6.04. The van der Waals surface area contributed by atoms with Crippen LogP contribution in [0.15, 0.2) is 72.2 Å². The zero-order valence-corrected chi connectivity index (χ0v) is 17.7. The third kappa shape index (κ3) is 5.03. The van der Waals surface area contributed by atoms with Gasteiger partial charge in [0, 0.05) is 16.6 Å². The molecule has 0 radical (unpaired) electrons. The minimum absolute atomic E-state index is 0.139. The summed E-state index contributed by atoms with van der Waals surface area (Å²) >= 11 is 7.59. The van der Waals surface area contributed by atoms with E-state index in [0.717, 1.165) is 16.3 Å². The summed E-state index contributed by atoms with van der Waals surface area (Å²) in [5.41, 5.74) is 3.12. The molecule has 0 saturated heterocycles. The van der Waals surface area contributed by atoms with Gasteiger partial charge in [-0.2, -0.15) is 0 Å². The number of ether oxygens (including phenoxy) is 1. The van der Waals surface area contributed by atoms with Gasteiger partial charge in [0.15, 0.2) is 5.75 Å². The molecule has 0 aliphatic carbocycles. The number of carbonyl (C=O) groups is 1. The number of anilines is 1. The molecule has 0 spiro atoms. The standard InChI is InChI=1S/C23H18ClN3O2S/c1-15-5-8-18(9-6-15)29-21-10-7-16(24)12-20(21)27-22(28)13-17-14-30-23(26-17)19-4-2-3-11-25-19/h2-12,14H,13H2,1H3,(H,27,28). The number of pyridine rings is 1. The first-order valence-electron chi connectivity index (χ1n) is 9.26. The van der Waals surface area contributed by atoms with Crippen molar-refractivity contribution in [1.29, 1.82) is 0 Å². The Bertz CT molecular complexity index is 1160. The van der Waals surface area contributed by atoms with Crippen molar-refractivity contribution >= 4 is 34.5 Å². The van der Waals surface area contributed by atoms with Gasteiger partial charge in [-0.25, -0.2) is 4.98 Å². The van der Waals surface area contributed by atoms with Gasteiger partial charge in [0.2, 0.25) is 5.91 Å². The van der Waals surface area contributed by atoms with Crippen LogP contribution in [0.4, 0.5) is 5.69 Å². The van der Waals surface area contributed by atoms with Crippen molar-refractivity contribution in [1.82, 2.24) is 9.97 Å². The molecule has 2 heterocycles. The van der Waals surface area contributed by atoms with E-state index in [-0.39, 0.29) is 12.3 Å². The van der Waals surface area contributed by atoms with E-state index in [9.17, 15) is 4.79 Å². The van der Waals surface area contributed by atoms with Crippen LogP contribution in [0.3, 0.4) is 0 Å². The van der Waals surface area contributed by atoms with Crippen molar-refractivity contribution in [3.8, 4) is 22.2 Å². The van der Waals surface area contributed by atoms with E-state index in [0.29, 0.717) is 27.9 Å². The van der Waals surface area contributed by atoms with Crippen molar-refractivity contribution in [3.05, 3.63) is 88.5 Å². The van der Waals surface area contributed by atoms with Crippen LogP contribution < -0.4 is 10.1 Å². The minimum atomic E-state index is -0.205. The molecule has 1 N–H and O–H groups in total. The smallest absolute Gasteiger partial charge is 0.230 e. The van der Waals surface area contributed by atoms with Gasteiger partial charge in [-0.1, -0.05) is 35.4 Å². The van der Waals surface area contributed by atoms with Crippen LogP contribution in [0, 0.1) is 6.92 Å². The normalized spacial score (nSPS) is 10.6. The van der Waals surface area contributed by atoms with E-state index < -0.39 is 0 Å². The number of hydrogen-bond acceptors (Lipinski definition) is 5. The second-order valence-electron chi connectivity index (χ2n) is 6.64. The fourth-order valence-electron chi connectivity index (χ4n) is 2.78. The van der Waals surface area contributed by atoms with E-state index in [2.05, 4.69) is 15.3 Å². The molecule has 2 aromatic carbocycles. The van der Waals surface area contributed by atoms with Crippen molar-refractivity contribution in [2.24, 2.45) is 0 Å². The maximum atomic E-state index is 12.6. The van der Waals surface area contributed by atoms with Gasteiger partial charge in [0.25, 0.3) is 0 Å². The second kappa shape index (κ2) is 9.07. The fraction of sp³-hybridized carbons (Fsp3) is 0.0870. The van der Waals surface area contributed by atoms with Crippen molar-refractivity contribution in [3.63, 3.8) is 0 Å². The first kappa shape index (κ1) is 20.1. The monoisotopic (exact) mass is 435 g/mol. The summed E-state index contributed by atoms with van der Waals surface area (Å²) < 4.78 is 5.94. The molecule has 30 heavy (non-hydrogen) atoms. The lowest BCUT2D eigenvalue weighted by Gasteiger charge is -2.13. The largest absolute Gasteiger partial charge is 0.455 e. The minimum Gasteiger partial charge on any atom is -0.455 e. The average molecular weight is 436 g/mol. The van der Waals surface area contributed by atoms with Crippen LogP contribution in [0.1, 0.15) is 11.3 Å². The molecule has 0 saturated carbocycles. The zero-order valence-electron chi connectivity index (χ0n) is 16.1. The molecular formula is C23H18ClN3O2S. The van der Waals surface area contributed by atoms with Gasteiger partial charge in [-0.15, -0.1) is 11.3 Å². The summed E-state index contributed by atoms with van der Waals surface area (Å²) in [5.74, 6) is 0.992. The summed E-state index contributed by atoms with van der Waals surface area (Å²) in [7, 11) is 0. The fourth-order valence-corrected chi connectivity index (χ4v) is 3.74. The lowest BCUT2D eigenvalue weighted by Crippen LogP contribution is -2.15. The number of aryl methyl sites for hydroxylation is 1. The predicted octanol–water partition coefficient (Wildman–Crippen LogP) is 6.14. The highest BCUT2D eigenvalue weighted by Gasteiger charge is 2.13. The number of carbonyl (C=O) groups excluding carboxylic acids is 1. The molecule has 7 heteroatoms. The first-order valence-corrected chi connectivity index (χ1v) is 10.5.